The Kier molecular flexibility index (Phi) is 5.24. The molecule has 1 aromatic carbocycles. The molecule has 0 aliphatic heterocycles. The van der Waals surface area contributed by atoms with Crippen molar-refractivity contribution in [1.82, 2.24) is 20.1 Å². The fraction of sp³-hybridized carbons (Fsp3) is 0.471. The molecule has 23 heavy (non-hydrogen) atoms. The van der Waals surface area contributed by atoms with Gasteiger partial charge in [0.25, 0.3) is 0 Å². The summed E-state index contributed by atoms with van der Waals surface area (Å²) in [6, 6.07) is 9.88. The van der Waals surface area contributed by atoms with Crippen LogP contribution in [0.4, 0.5) is 0 Å². The number of carbonyl (C=O) groups excluding carboxylic acids is 1. The zero-order valence-corrected chi connectivity index (χ0v) is 13.1. The number of rotatable bonds is 6. The minimum atomic E-state index is 0.0362. The summed E-state index contributed by atoms with van der Waals surface area (Å²) in [4.78, 5) is 16.1. The molecule has 1 fully saturated rings. The number of aryl methyl sites for hydroxylation is 1. The number of ether oxygens (including phenoxy) is 1. The van der Waals surface area contributed by atoms with Gasteiger partial charge in [0.1, 0.15) is 24.5 Å². The number of aromatic nitrogens is 3. The average Bonchev–Trinajstić information content (AvgIpc) is 3.09. The van der Waals surface area contributed by atoms with Crippen LogP contribution in [-0.4, -0.2) is 32.8 Å². The van der Waals surface area contributed by atoms with Crippen molar-refractivity contribution in [3.05, 3.63) is 43.0 Å². The largest absolute Gasteiger partial charge is 0.488 e. The first-order valence-corrected chi connectivity index (χ1v) is 8.15. The van der Waals surface area contributed by atoms with Gasteiger partial charge >= 0.3 is 0 Å². The monoisotopic (exact) mass is 314 g/mol. The molecular formula is C17H22N4O2. The van der Waals surface area contributed by atoms with Crippen molar-refractivity contribution in [3.63, 3.8) is 0 Å². The molecule has 0 bridgehead atoms. The highest BCUT2D eigenvalue weighted by Crippen LogP contribution is 2.24. The SMILES string of the molecule is O=C(CCn1cncn1)N[C@H]1CCCC[C@H]1Oc1ccccc1. The molecule has 2 aromatic rings. The molecule has 1 N–H and O–H groups in total. The molecule has 1 aliphatic carbocycles. The number of hydrogen-bond acceptors (Lipinski definition) is 4. The number of benzene rings is 1. The van der Waals surface area contributed by atoms with Crippen LogP contribution in [0.25, 0.3) is 0 Å². The van der Waals surface area contributed by atoms with Gasteiger partial charge in [-0.25, -0.2) is 4.98 Å². The Morgan fingerprint density at radius 3 is 2.87 bits per heavy atom. The van der Waals surface area contributed by atoms with Crippen molar-refractivity contribution in [2.75, 3.05) is 0 Å². The van der Waals surface area contributed by atoms with Crippen molar-refractivity contribution in [2.45, 2.75) is 50.8 Å². The maximum absolute atomic E-state index is 12.2. The molecule has 1 amide bonds. The van der Waals surface area contributed by atoms with Gasteiger partial charge in [0.05, 0.1) is 12.6 Å². The summed E-state index contributed by atoms with van der Waals surface area (Å²) in [5.41, 5.74) is 0. The van der Waals surface area contributed by atoms with Crippen LogP contribution >= 0.6 is 0 Å². The van der Waals surface area contributed by atoms with E-state index in [-0.39, 0.29) is 18.1 Å². The number of nitrogens with zero attached hydrogens (tertiary/aromatic N) is 3. The molecule has 2 atom stereocenters. The maximum atomic E-state index is 12.2. The average molecular weight is 314 g/mol. The number of carbonyl (C=O) groups is 1. The van der Waals surface area contributed by atoms with Crippen LogP contribution in [0.15, 0.2) is 43.0 Å². The minimum absolute atomic E-state index is 0.0362. The van der Waals surface area contributed by atoms with Crippen molar-refractivity contribution >= 4 is 5.91 Å². The van der Waals surface area contributed by atoms with E-state index in [1.165, 1.54) is 6.33 Å². The molecule has 0 saturated heterocycles. The quantitative estimate of drug-likeness (QED) is 0.887. The van der Waals surface area contributed by atoms with Gasteiger partial charge < -0.3 is 10.1 Å². The Bertz CT molecular complexity index is 600. The molecule has 0 spiro atoms. The summed E-state index contributed by atoms with van der Waals surface area (Å²) < 4.78 is 7.74. The second-order valence-electron chi connectivity index (χ2n) is 5.84. The summed E-state index contributed by atoms with van der Waals surface area (Å²) in [7, 11) is 0. The van der Waals surface area contributed by atoms with Gasteiger partial charge in [0, 0.05) is 6.42 Å². The molecule has 0 unspecified atom stereocenters. The number of nitrogens with one attached hydrogen (secondary N) is 1. The van der Waals surface area contributed by atoms with Gasteiger partial charge in [0.15, 0.2) is 0 Å². The lowest BCUT2D eigenvalue weighted by Crippen LogP contribution is -2.47. The molecule has 1 saturated carbocycles. The predicted molar refractivity (Wildman–Crippen MR) is 85.9 cm³/mol. The third-order valence-corrected chi connectivity index (χ3v) is 4.11. The van der Waals surface area contributed by atoms with E-state index in [1.54, 1.807) is 11.0 Å². The summed E-state index contributed by atoms with van der Waals surface area (Å²) in [6.07, 6.45) is 7.75. The molecule has 0 radical (unpaired) electrons. The molecule has 6 heteroatoms. The smallest absolute Gasteiger partial charge is 0.222 e. The summed E-state index contributed by atoms with van der Waals surface area (Å²) in [5.74, 6) is 0.898. The summed E-state index contributed by atoms with van der Waals surface area (Å²) >= 11 is 0. The van der Waals surface area contributed by atoms with Crippen molar-refractivity contribution in [3.8, 4) is 5.75 Å². The van der Waals surface area contributed by atoms with Crippen molar-refractivity contribution in [1.29, 1.82) is 0 Å². The van der Waals surface area contributed by atoms with Crippen LogP contribution in [0, 0.1) is 0 Å². The number of amides is 1. The van der Waals surface area contributed by atoms with E-state index in [2.05, 4.69) is 15.4 Å². The molecular weight excluding hydrogens is 292 g/mol. The molecule has 1 aromatic heterocycles. The van der Waals surface area contributed by atoms with Gasteiger partial charge in [0.2, 0.25) is 5.91 Å². The Balaban J connectivity index is 1.52. The highest BCUT2D eigenvalue weighted by molar-refractivity contribution is 5.76. The van der Waals surface area contributed by atoms with Gasteiger partial charge in [-0.3, -0.25) is 9.48 Å². The highest BCUT2D eigenvalue weighted by atomic mass is 16.5. The van der Waals surface area contributed by atoms with E-state index in [1.807, 2.05) is 30.3 Å². The topological polar surface area (TPSA) is 69.0 Å². The Morgan fingerprint density at radius 2 is 2.09 bits per heavy atom. The van der Waals surface area contributed by atoms with E-state index in [9.17, 15) is 4.79 Å². The Hall–Kier alpha value is -2.37. The second-order valence-corrected chi connectivity index (χ2v) is 5.84. The van der Waals surface area contributed by atoms with Crippen molar-refractivity contribution < 1.29 is 9.53 Å². The van der Waals surface area contributed by atoms with E-state index in [0.717, 1.165) is 31.4 Å². The van der Waals surface area contributed by atoms with Crippen LogP contribution in [0.1, 0.15) is 32.1 Å². The van der Waals surface area contributed by atoms with Gasteiger partial charge in [-0.15, -0.1) is 0 Å². The summed E-state index contributed by atoms with van der Waals surface area (Å²) in [5, 5.41) is 7.13. The fourth-order valence-corrected chi connectivity index (χ4v) is 2.92. The standard InChI is InChI=1S/C17H22N4O2/c22-17(10-11-21-13-18-12-19-21)20-15-8-4-5-9-16(15)23-14-6-2-1-3-7-14/h1-3,6-7,12-13,15-16H,4-5,8-11H2,(H,20,22)/t15-,16+/m0/s1. The first-order valence-electron chi connectivity index (χ1n) is 8.15. The fourth-order valence-electron chi connectivity index (χ4n) is 2.92. The zero-order valence-electron chi connectivity index (χ0n) is 13.1. The van der Waals surface area contributed by atoms with E-state index < -0.39 is 0 Å². The highest BCUT2D eigenvalue weighted by Gasteiger charge is 2.28. The second kappa shape index (κ2) is 7.76. The van der Waals surface area contributed by atoms with Crippen LogP contribution < -0.4 is 10.1 Å². The molecule has 122 valence electrons. The van der Waals surface area contributed by atoms with E-state index >= 15 is 0 Å². The van der Waals surface area contributed by atoms with Gasteiger partial charge in [-0.1, -0.05) is 24.6 Å². The zero-order chi connectivity index (χ0) is 15.9. The normalized spacial score (nSPS) is 20.9. The summed E-state index contributed by atoms with van der Waals surface area (Å²) in [6.45, 7) is 0.544. The first-order chi connectivity index (χ1) is 11.3. The molecule has 6 nitrogen and oxygen atoms in total. The number of hydrogen-bond donors (Lipinski definition) is 1. The van der Waals surface area contributed by atoms with Crippen LogP contribution in [0.2, 0.25) is 0 Å². The third-order valence-electron chi connectivity index (χ3n) is 4.11. The minimum Gasteiger partial charge on any atom is -0.488 e. The van der Waals surface area contributed by atoms with Crippen LogP contribution in [0.5, 0.6) is 5.75 Å². The van der Waals surface area contributed by atoms with E-state index in [0.29, 0.717) is 13.0 Å². The molecule has 1 aliphatic rings. The Morgan fingerprint density at radius 1 is 1.26 bits per heavy atom. The predicted octanol–water partition coefficient (Wildman–Crippen LogP) is 2.17. The van der Waals surface area contributed by atoms with Crippen molar-refractivity contribution in [2.24, 2.45) is 0 Å². The molecule has 3 rings (SSSR count). The van der Waals surface area contributed by atoms with E-state index in [4.69, 9.17) is 4.74 Å². The van der Waals surface area contributed by atoms with Crippen LogP contribution in [0.3, 0.4) is 0 Å². The lowest BCUT2D eigenvalue weighted by molar-refractivity contribution is -0.123. The van der Waals surface area contributed by atoms with Gasteiger partial charge in [-0.2, -0.15) is 5.10 Å². The third kappa shape index (κ3) is 4.55. The lowest BCUT2D eigenvalue weighted by atomic mass is 9.92. The van der Waals surface area contributed by atoms with Crippen LogP contribution in [-0.2, 0) is 11.3 Å². The lowest BCUT2D eigenvalue weighted by Gasteiger charge is -2.32. The maximum Gasteiger partial charge on any atom is 0.222 e. The number of para-hydroxylation sites is 1. The Labute approximate surface area is 135 Å². The van der Waals surface area contributed by atoms with Gasteiger partial charge in [-0.05, 0) is 31.4 Å². The molecule has 1 heterocycles. The first kappa shape index (κ1) is 15.5.